The maximum Gasteiger partial charge on any atom is 0.407 e. The standard InChI is InChI=1S/C24H27N5O4S/c1-24(2,3)33-23(31)26-15-17-7-8-18-20(14-17)34-22(27-18)29(21(30)19-6-4-13-32-19)11-5-10-28-12-9-25-16-28/h4,6-9,12-14,16H,5,10-11,15H2,1-3H3,(H,26,31). The van der Waals surface area contributed by atoms with Crippen molar-refractivity contribution in [1.29, 1.82) is 0 Å². The Hall–Kier alpha value is -3.66. The summed E-state index contributed by atoms with van der Waals surface area (Å²) in [5.41, 5.74) is 1.15. The van der Waals surface area contributed by atoms with Gasteiger partial charge in [-0.25, -0.2) is 14.8 Å². The number of thiazole rings is 1. The lowest BCUT2D eigenvalue weighted by molar-refractivity contribution is 0.0523. The molecule has 0 aliphatic heterocycles. The van der Waals surface area contributed by atoms with E-state index in [9.17, 15) is 9.59 Å². The second-order valence-electron chi connectivity index (χ2n) is 8.74. The van der Waals surface area contributed by atoms with E-state index in [0.29, 0.717) is 18.2 Å². The zero-order valence-electron chi connectivity index (χ0n) is 19.4. The number of hydrogen-bond acceptors (Lipinski definition) is 7. The lowest BCUT2D eigenvalue weighted by atomic mass is 10.2. The van der Waals surface area contributed by atoms with Crippen LogP contribution < -0.4 is 10.2 Å². The third-order valence-corrected chi connectivity index (χ3v) is 5.88. The molecule has 4 rings (SSSR count). The van der Waals surface area contributed by atoms with E-state index in [4.69, 9.17) is 14.1 Å². The average molecular weight is 482 g/mol. The molecule has 0 aliphatic carbocycles. The number of carbonyl (C=O) groups is 2. The van der Waals surface area contributed by atoms with Gasteiger partial charge in [-0.3, -0.25) is 9.69 Å². The van der Waals surface area contributed by atoms with Crippen molar-refractivity contribution in [3.63, 3.8) is 0 Å². The zero-order chi connectivity index (χ0) is 24.1. The molecule has 3 heterocycles. The molecule has 0 aliphatic rings. The Morgan fingerprint density at radius 1 is 1.26 bits per heavy atom. The maximum atomic E-state index is 13.2. The highest BCUT2D eigenvalue weighted by molar-refractivity contribution is 7.22. The number of benzene rings is 1. The number of aryl methyl sites for hydroxylation is 1. The number of carbonyl (C=O) groups excluding carboxylic acids is 2. The van der Waals surface area contributed by atoms with Crippen molar-refractivity contribution in [3.05, 3.63) is 66.6 Å². The molecule has 2 amide bonds. The number of anilines is 1. The molecule has 0 spiro atoms. The number of ether oxygens (including phenoxy) is 1. The first-order chi connectivity index (χ1) is 16.3. The molecule has 1 aromatic carbocycles. The molecule has 34 heavy (non-hydrogen) atoms. The fourth-order valence-electron chi connectivity index (χ4n) is 3.32. The molecule has 0 radical (unpaired) electrons. The van der Waals surface area contributed by atoms with Gasteiger partial charge in [0, 0.05) is 32.0 Å². The Bertz CT molecular complexity index is 1240. The normalized spacial score (nSPS) is 11.5. The Kier molecular flexibility index (Phi) is 6.97. The van der Waals surface area contributed by atoms with Crippen LogP contribution in [0.15, 0.2) is 59.7 Å². The van der Waals surface area contributed by atoms with Gasteiger partial charge >= 0.3 is 6.09 Å². The van der Waals surface area contributed by atoms with E-state index in [1.807, 2.05) is 49.7 Å². The van der Waals surface area contributed by atoms with Crippen LogP contribution in [-0.4, -0.2) is 38.7 Å². The van der Waals surface area contributed by atoms with E-state index >= 15 is 0 Å². The highest BCUT2D eigenvalue weighted by Gasteiger charge is 2.23. The zero-order valence-corrected chi connectivity index (χ0v) is 20.2. The van der Waals surface area contributed by atoms with Gasteiger partial charge in [0.1, 0.15) is 5.60 Å². The summed E-state index contributed by atoms with van der Waals surface area (Å²) in [5, 5.41) is 3.36. The number of alkyl carbamates (subject to hydrolysis) is 1. The van der Waals surface area contributed by atoms with Gasteiger partial charge in [0.15, 0.2) is 10.9 Å². The molecule has 0 bridgehead atoms. The number of nitrogens with one attached hydrogen (secondary N) is 1. The van der Waals surface area contributed by atoms with Gasteiger partial charge in [0.2, 0.25) is 0 Å². The molecule has 0 saturated carbocycles. The van der Waals surface area contributed by atoms with Crippen molar-refractivity contribution < 1.29 is 18.7 Å². The number of amides is 2. The summed E-state index contributed by atoms with van der Waals surface area (Å²) in [6.45, 7) is 7.00. The highest BCUT2D eigenvalue weighted by Crippen LogP contribution is 2.31. The summed E-state index contributed by atoms with van der Waals surface area (Å²) < 4.78 is 13.5. The summed E-state index contributed by atoms with van der Waals surface area (Å²) in [6, 6.07) is 9.11. The molecule has 3 aromatic heterocycles. The number of imidazole rings is 1. The predicted octanol–water partition coefficient (Wildman–Crippen LogP) is 4.85. The van der Waals surface area contributed by atoms with E-state index in [-0.39, 0.29) is 11.7 Å². The smallest absolute Gasteiger partial charge is 0.407 e. The van der Waals surface area contributed by atoms with Crippen molar-refractivity contribution >= 4 is 38.7 Å². The Labute approximate surface area is 201 Å². The maximum absolute atomic E-state index is 13.2. The molecular weight excluding hydrogens is 454 g/mol. The van der Waals surface area contributed by atoms with Gasteiger partial charge in [-0.1, -0.05) is 17.4 Å². The second-order valence-corrected chi connectivity index (χ2v) is 9.75. The van der Waals surface area contributed by atoms with E-state index in [1.165, 1.54) is 17.6 Å². The minimum atomic E-state index is -0.553. The van der Waals surface area contributed by atoms with Crippen LogP contribution in [-0.2, 0) is 17.8 Å². The van der Waals surface area contributed by atoms with Crippen LogP contribution in [0.25, 0.3) is 10.2 Å². The molecule has 0 atom stereocenters. The van der Waals surface area contributed by atoms with Gasteiger partial charge in [0.05, 0.1) is 22.8 Å². The monoisotopic (exact) mass is 481 g/mol. The highest BCUT2D eigenvalue weighted by atomic mass is 32.1. The van der Waals surface area contributed by atoms with E-state index in [2.05, 4.69) is 10.3 Å². The summed E-state index contributed by atoms with van der Waals surface area (Å²) in [7, 11) is 0. The fourth-order valence-corrected chi connectivity index (χ4v) is 4.37. The number of fused-ring (bicyclic) bond motifs is 1. The van der Waals surface area contributed by atoms with Crippen LogP contribution in [0.4, 0.5) is 9.93 Å². The first-order valence-corrected chi connectivity index (χ1v) is 11.8. The molecule has 10 heteroatoms. The van der Waals surface area contributed by atoms with Crippen molar-refractivity contribution in [2.24, 2.45) is 0 Å². The van der Waals surface area contributed by atoms with E-state index in [0.717, 1.165) is 28.7 Å². The van der Waals surface area contributed by atoms with E-state index in [1.54, 1.807) is 29.6 Å². The second kappa shape index (κ2) is 10.1. The van der Waals surface area contributed by atoms with Gasteiger partial charge < -0.3 is 19.0 Å². The predicted molar refractivity (Wildman–Crippen MR) is 130 cm³/mol. The van der Waals surface area contributed by atoms with Crippen molar-refractivity contribution in [3.8, 4) is 0 Å². The first-order valence-electron chi connectivity index (χ1n) is 11.0. The Morgan fingerprint density at radius 3 is 2.82 bits per heavy atom. The Morgan fingerprint density at radius 2 is 2.12 bits per heavy atom. The average Bonchev–Trinajstić information content (AvgIpc) is 3.55. The van der Waals surface area contributed by atoms with Gasteiger partial charge in [-0.2, -0.15) is 0 Å². The minimum absolute atomic E-state index is 0.235. The molecule has 0 fully saturated rings. The van der Waals surface area contributed by atoms with Crippen LogP contribution in [0.5, 0.6) is 0 Å². The fraction of sp³-hybridized carbons (Fsp3) is 0.333. The molecule has 0 unspecified atom stereocenters. The third kappa shape index (κ3) is 6.02. The number of aromatic nitrogens is 3. The summed E-state index contributed by atoms with van der Waals surface area (Å²) >= 11 is 1.43. The molecule has 178 valence electrons. The molecule has 1 N–H and O–H groups in total. The summed E-state index contributed by atoms with van der Waals surface area (Å²) in [6.07, 6.45) is 7.12. The number of nitrogens with zero attached hydrogens (tertiary/aromatic N) is 4. The van der Waals surface area contributed by atoms with Gasteiger partial charge in [-0.15, -0.1) is 0 Å². The lowest BCUT2D eigenvalue weighted by Crippen LogP contribution is -2.32. The first kappa shape index (κ1) is 23.5. The van der Waals surface area contributed by atoms with Crippen molar-refractivity contribution in [1.82, 2.24) is 19.9 Å². The third-order valence-electron chi connectivity index (χ3n) is 4.84. The lowest BCUT2D eigenvalue weighted by Gasteiger charge is -2.19. The SMILES string of the molecule is CC(C)(C)OC(=O)NCc1ccc2nc(N(CCCn3ccnc3)C(=O)c3ccco3)sc2c1. The van der Waals surface area contributed by atoms with Gasteiger partial charge in [0.25, 0.3) is 5.91 Å². The Balaban J connectivity index is 1.50. The van der Waals surface area contributed by atoms with Crippen molar-refractivity contribution in [2.45, 2.75) is 45.9 Å². The molecule has 0 saturated heterocycles. The minimum Gasteiger partial charge on any atom is -0.459 e. The van der Waals surface area contributed by atoms with Crippen LogP contribution >= 0.6 is 11.3 Å². The topological polar surface area (TPSA) is 102 Å². The molecule has 9 nitrogen and oxygen atoms in total. The van der Waals surface area contributed by atoms with Gasteiger partial charge in [-0.05, 0) is 57.0 Å². The number of furan rings is 1. The van der Waals surface area contributed by atoms with E-state index < -0.39 is 11.7 Å². The quantitative estimate of drug-likeness (QED) is 0.386. The summed E-state index contributed by atoms with van der Waals surface area (Å²) in [5.74, 6) is 0.0330. The number of rotatable bonds is 8. The van der Waals surface area contributed by atoms with Crippen LogP contribution in [0, 0.1) is 0 Å². The molecular formula is C24H27N5O4S. The van der Waals surface area contributed by atoms with Crippen LogP contribution in [0.1, 0.15) is 43.3 Å². The summed E-state index contributed by atoms with van der Waals surface area (Å²) in [4.78, 5) is 35.5. The molecule has 4 aromatic rings. The van der Waals surface area contributed by atoms with Crippen molar-refractivity contribution in [2.75, 3.05) is 11.4 Å². The number of hydrogen-bond donors (Lipinski definition) is 1. The van der Waals surface area contributed by atoms with Crippen LogP contribution in [0.2, 0.25) is 0 Å². The largest absolute Gasteiger partial charge is 0.459 e. The van der Waals surface area contributed by atoms with Crippen LogP contribution in [0.3, 0.4) is 0 Å².